The van der Waals surface area contributed by atoms with Crippen LogP contribution in [-0.2, 0) is 9.47 Å². The Morgan fingerprint density at radius 1 is 1.00 bits per heavy atom. The summed E-state index contributed by atoms with van der Waals surface area (Å²) in [6.45, 7) is 0. The van der Waals surface area contributed by atoms with E-state index in [1.54, 1.807) is 14.2 Å². The van der Waals surface area contributed by atoms with Gasteiger partial charge in [-0.25, -0.2) is 9.98 Å². The number of nitrogens with zero attached hydrogens (tertiary/aromatic N) is 2. The summed E-state index contributed by atoms with van der Waals surface area (Å²) in [5, 5.41) is 9.92. The number of H-pyrrole nitrogens is 1. The number of methoxy groups -OCH3 is 2. The van der Waals surface area contributed by atoms with E-state index >= 15 is 0 Å². The van der Waals surface area contributed by atoms with Crippen LogP contribution in [0.3, 0.4) is 0 Å². The molecule has 0 fully saturated rings. The van der Waals surface area contributed by atoms with E-state index in [9.17, 15) is 0 Å². The molecule has 0 amide bonds. The topological polar surface area (TPSA) is 83.0 Å². The van der Waals surface area contributed by atoms with Crippen molar-refractivity contribution in [1.82, 2.24) is 10.3 Å². The van der Waals surface area contributed by atoms with Gasteiger partial charge in [0.05, 0.1) is 24.2 Å². The highest BCUT2D eigenvalue weighted by Crippen LogP contribution is 2.41. The largest absolute Gasteiger partial charge is 0.496 e. The summed E-state index contributed by atoms with van der Waals surface area (Å²) in [7, 11) is 3.31. The average Bonchev–Trinajstić information content (AvgIpc) is 3.63. The predicted octanol–water partition coefficient (Wildman–Crippen LogP) is 3.54. The lowest BCUT2D eigenvalue weighted by Crippen LogP contribution is -2.54. The van der Waals surface area contributed by atoms with Crippen molar-refractivity contribution in [2.24, 2.45) is 9.98 Å². The van der Waals surface area contributed by atoms with Crippen LogP contribution in [0.4, 0.5) is 5.69 Å². The number of allylic oxidation sites excluding steroid dienone is 4. The number of anilines is 1. The molecular weight excluding hydrogens is 474 g/mol. The van der Waals surface area contributed by atoms with Gasteiger partial charge in [0.15, 0.2) is 5.76 Å². The van der Waals surface area contributed by atoms with E-state index in [-0.39, 0.29) is 0 Å². The number of hydrogen-bond acceptors (Lipinski definition) is 6. The molecule has 0 spiro atoms. The Morgan fingerprint density at radius 2 is 1.83 bits per heavy atom. The Morgan fingerprint density at radius 3 is 2.61 bits per heavy atom. The molecule has 182 valence electrons. The first kappa shape index (κ1) is 22.6. The van der Waals surface area contributed by atoms with Crippen molar-refractivity contribution in [3.05, 3.63) is 99.7 Å². The fourth-order valence-electron chi connectivity index (χ4n) is 5.06. The minimum absolute atomic E-state index is 0.456. The highest BCUT2D eigenvalue weighted by Gasteiger charge is 2.49. The van der Waals surface area contributed by atoms with Crippen LogP contribution in [0, 0.1) is 0 Å². The Hall–Kier alpha value is -3.81. The normalized spacial score (nSPS) is 26.0. The van der Waals surface area contributed by atoms with E-state index in [4.69, 9.17) is 31.1 Å². The van der Waals surface area contributed by atoms with Gasteiger partial charge in [0.2, 0.25) is 5.72 Å². The number of rotatable bonds is 4. The molecule has 0 aliphatic carbocycles. The molecule has 2 unspecified atom stereocenters. The van der Waals surface area contributed by atoms with E-state index in [0.29, 0.717) is 23.6 Å². The van der Waals surface area contributed by atoms with Gasteiger partial charge in [-0.3, -0.25) is 0 Å². The van der Waals surface area contributed by atoms with Crippen LogP contribution in [-0.4, -0.2) is 42.0 Å². The second-order valence-electron chi connectivity index (χ2n) is 9.22. The monoisotopic (exact) mass is 499 g/mol. The van der Waals surface area contributed by atoms with Crippen molar-refractivity contribution in [2.45, 2.75) is 24.2 Å². The Kier molecular flexibility index (Phi) is 5.47. The second kappa shape index (κ2) is 8.69. The number of ether oxygens (including phenoxy) is 2. The molecule has 4 aliphatic heterocycles. The molecule has 8 heteroatoms. The van der Waals surface area contributed by atoms with E-state index in [1.807, 2.05) is 66.8 Å². The van der Waals surface area contributed by atoms with Gasteiger partial charge in [0.25, 0.3) is 0 Å². The summed E-state index contributed by atoms with van der Waals surface area (Å²) in [5.41, 5.74) is 2.74. The van der Waals surface area contributed by atoms with E-state index in [2.05, 4.69) is 27.8 Å². The summed E-state index contributed by atoms with van der Waals surface area (Å²) in [6, 6.07) is 11.7. The molecule has 1 aromatic carbocycles. The molecule has 1 aromatic heterocycles. The van der Waals surface area contributed by atoms with Crippen LogP contribution >= 0.6 is 11.6 Å². The molecule has 0 radical (unpaired) electrons. The summed E-state index contributed by atoms with van der Waals surface area (Å²) < 4.78 is 11.9. The third-order valence-electron chi connectivity index (χ3n) is 6.66. The summed E-state index contributed by atoms with van der Waals surface area (Å²) >= 11 is 6.30. The molecule has 7 nitrogen and oxygen atoms in total. The van der Waals surface area contributed by atoms with Gasteiger partial charge >= 0.3 is 0 Å². The zero-order valence-electron chi connectivity index (χ0n) is 20.0. The number of fused-ring (bicyclic) bond motifs is 6. The smallest absolute Gasteiger partial charge is 0.221 e. The summed E-state index contributed by atoms with van der Waals surface area (Å²) in [4.78, 5) is 13.2. The van der Waals surface area contributed by atoms with Gasteiger partial charge in [0.1, 0.15) is 5.66 Å². The van der Waals surface area contributed by atoms with E-state index < -0.39 is 11.4 Å². The maximum atomic E-state index is 6.30. The third kappa shape index (κ3) is 4.21. The minimum atomic E-state index is -1.02. The summed E-state index contributed by atoms with van der Waals surface area (Å²) in [5.74, 6) is 0.646. The van der Waals surface area contributed by atoms with Crippen molar-refractivity contribution in [1.29, 1.82) is 0 Å². The van der Waals surface area contributed by atoms with Crippen molar-refractivity contribution in [2.75, 3.05) is 19.5 Å². The molecule has 4 aliphatic rings. The summed E-state index contributed by atoms with van der Waals surface area (Å²) in [6.07, 6.45) is 15.3. The Balaban J connectivity index is 1.49. The van der Waals surface area contributed by atoms with Gasteiger partial charge in [-0.1, -0.05) is 23.7 Å². The number of hydrogen-bond donors (Lipinski definition) is 3. The molecule has 3 N–H and O–H groups in total. The SMILES string of the molecule is COC1=CC2=NC1(OC)CC1(Nc3cccc(Cl)c3)CC=C(C=C3C=CC(=N3)C=c3ccc([nH]3)=C2)N1. The van der Waals surface area contributed by atoms with Crippen LogP contribution in [0.15, 0.2) is 93.9 Å². The standard InChI is InChI=1S/C28H26ClN5O2/c1-35-26-16-25-15-22-9-7-20(31-22)13-19-6-8-21(30-19)14-24-10-11-27(33-24,17-28(26,34-25)36-2)32-23-5-3-4-18(29)12-23/h3-10,12-16,31-33H,11,17H2,1-2H3. The minimum Gasteiger partial charge on any atom is -0.496 e. The predicted molar refractivity (Wildman–Crippen MR) is 144 cm³/mol. The third-order valence-corrected chi connectivity index (χ3v) is 6.89. The zero-order chi connectivity index (χ0) is 24.8. The molecule has 0 saturated carbocycles. The van der Waals surface area contributed by atoms with Gasteiger partial charge in [-0.15, -0.1) is 0 Å². The maximum absolute atomic E-state index is 6.30. The van der Waals surface area contributed by atoms with Gasteiger partial charge in [0, 0.05) is 53.1 Å². The lowest BCUT2D eigenvalue weighted by molar-refractivity contribution is -0.0292. The van der Waals surface area contributed by atoms with Crippen LogP contribution < -0.4 is 21.3 Å². The zero-order valence-corrected chi connectivity index (χ0v) is 20.8. The molecule has 36 heavy (non-hydrogen) atoms. The lowest BCUT2D eigenvalue weighted by Gasteiger charge is -2.39. The van der Waals surface area contributed by atoms with Crippen molar-refractivity contribution < 1.29 is 9.47 Å². The van der Waals surface area contributed by atoms with Gasteiger partial charge in [-0.05, 0) is 60.7 Å². The molecule has 6 rings (SSSR count). The van der Waals surface area contributed by atoms with Crippen LogP contribution in [0.1, 0.15) is 12.8 Å². The number of nitrogens with one attached hydrogen (secondary N) is 3. The number of aromatic nitrogens is 1. The van der Waals surface area contributed by atoms with E-state index in [0.717, 1.165) is 39.2 Å². The van der Waals surface area contributed by atoms with E-state index in [1.165, 1.54) is 0 Å². The van der Waals surface area contributed by atoms with Crippen molar-refractivity contribution >= 4 is 40.9 Å². The molecule has 0 saturated heterocycles. The Labute approximate surface area is 214 Å². The first-order valence-corrected chi connectivity index (χ1v) is 12.1. The number of halogens is 1. The fraction of sp³-hybridized carbons (Fsp3) is 0.214. The fourth-order valence-corrected chi connectivity index (χ4v) is 5.25. The highest BCUT2D eigenvalue weighted by atomic mass is 35.5. The quantitative estimate of drug-likeness (QED) is 0.601. The first-order chi connectivity index (χ1) is 17.5. The van der Waals surface area contributed by atoms with Crippen molar-refractivity contribution in [3.63, 3.8) is 0 Å². The molecule has 2 aromatic rings. The second-order valence-corrected chi connectivity index (χ2v) is 9.65. The highest BCUT2D eigenvalue weighted by molar-refractivity contribution is 6.30. The van der Waals surface area contributed by atoms with Crippen LogP contribution in [0.5, 0.6) is 0 Å². The average molecular weight is 500 g/mol. The lowest BCUT2D eigenvalue weighted by atomic mass is 9.94. The molecule has 5 heterocycles. The Bertz CT molecular complexity index is 1540. The number of benzene rings is 1. The number of aromatic amines is 1. The maximum Gasteiger partial charge on any atom is 0.221 e. The van der Waals surface area contributed by atoms with Crippen molar-refractivity contribution in [3.8, 4) is 0 Å². The van der Waals surface area contributed by atoms with Gasteiger partial charge < -0.3 is 25.1 Å². The molecular formula is C28H26ClN5O2. The van der Waals surface area contributed by atoms with Crippen LogP contribution in [0.2, 0.25) is 5.02 Å². The molecule has 8 bridgehead atoms. The van der Waals surface area contributed by atoms with Gasteiger partial charge in [-0.2, -0.15) is 0 Å². The van der Waals surface area contributed by atoms with Crippen LogP contribution in [0.25, 0.3) is 12.2 Å². The number of aliphatic imine (C=N–C) groups is 2. The first-order valence-electron chi connectivity index (χ1n) is 11.8. The molecule has 2 atom stereocenters.